The SMILES string of the molecule is COCCC1(C)OC1(C(=O)OC)C(C)C. The molecule has 2 unspecified atom stereocenters. The Balaban J connectivity index is 2.77. The minimum Gasteiger partial charge on any atom is -0.467 e. The van der Waals surface area contributed by atoms with Crippen LogP contribution in [0.3, 0.4) is 0 Å². The van der Waals surface area contributed by atoms with Crippen LogP contribution >= 0.6 is 0 Å². The van der Waals surface area contributed by atoms with Gasteiger partial charge in [0.2, 0.25) is 0 Å². The Morgan fingerprint density at radius 2 is 2.00 bits per heavy atom. The van der Waals surface area contributed by atoms with Gasteiger partial charge in [-0.3, -0.25) is 0 Å². The molecular weight excluding hydrogens is 196 g/mol. The summed E-state index contributed by atoms with van der Waals surface area (Å²) in [6.07, 6.45) is 0.705. The first-order valence-corrected chi connectivity index (χ1v) is 5.22. The molecule has 1 heterocycles. The van der Waals surface area contributed by atoms with Crippen LogP contribution < -0.4 is 0 Å². The van der Waals surface area contributed by atoms with E-state index in [4.69, 9.17) is 14.2 Å². The molecule has 0 aromatic heterocycles. The smallest absolute Gasteiger partial charge is 0.341 e. The Morgan fingerprint density at radius 1 is 1.40 bits per heavy atom. The fourth-order valence-corrected chi connectivity index (χ4v) is 2.24. The Morgan fingerprint density at radius 3 is 2.40 bits per heavy atom. The van der Waals surface area contributed by atoms with Crippen molar-refractivity contribution in [2.45, 2.75) is 38.4 Å². The molecule has 0 bridgehead atoms. The van der Waals surface area contributed by atoms with Crippen molar-refractivity contribution in [2.24, 2.45) is 5.92 Å². The molecule has 15 heavy (non-hydrogen) atoms. The Bertz CT molecular complexity index is 251. The molecule has 1 rings (SSSR count). The fraction of sp³-hybridized carbons (Fsp3) is 0.909. The van der Waals surface area contributed by atoms with E-state index in [2.05, 4.69) is 0 Å². The largest absolute Gasteiger partial charge is 0.467 e. The number of esters is 1. The summed E-state index contributed by atoms with van der Waals surface area (Å²) in [4.78, 5) is 11.7. The van der Waals surface area contributed by atoms with Gasteiger partial charge in [0.05, 0.1) is 7.11 Å². The Kier molecular flexibility index (Phi) is 3.41. The molecule has 1 saturated heterocycles. The maximum atomic E-state index is 11.7. The molecule has 0 aliphatic carbocycles. The molecule has 0 aromatic carbocycles. The van der Waals surface area contributed by atoms with E-state index in [9.17, 15) is 4.79 Å². The summed E-state index contributed by atoms with van der Waals surface area (Å²) >= 11 is 0. The number of hydrogen-bond acceptors (Lipinski definition) is 4. The van der Waals surface area contributed by atoms with E-state index in [0.29, 0.717) is 13.0 Å². The topological polar surface area (TPSA) is 48.1 Å². The zero-order chi connectivity index (χ0) is 11.7. The molecular formula is C11H20O4. The highest BCUT2D eigenvalue weighted by Gasteiger charge is 2.73. The highest BCUT2D eigenvalue weighted by molar-refractivity contribution is 5.85. The number of epoxide rings is 1. The molecule has 1 fully saturated rings. The molecule has 2 atom stereocenters. The van der Waals surface area contributed by atoms with Gasteiger partial charge in [-0.1, -0.05) is 13.8 Å². The summed E-state index contributed by atoms with van der Waals surface area (Å²) in [6, 6.07) is 0. The van der Waals surface area contributed by atoms with Gasteiger partial charge < -0.3 is 14.2 Å². The standard InChI is InChI=1S/C11H20O4/c1-8(2)11(9(12)14-5)10(3,15-11)6-7-13-4/h8H,6-7H2,1-5H3. The van der Waals surface area contributed by atoms with Crippen molar-refractivity contribution >= 4 is 5.97 Å². The van der Waals surface area contributed by atoms with Crippen molar-refractivity contribution < 1.29 is 19.0 Å². The molecule has 4 nitrogen and oxygen atoms in total. The third kappa shape index (κ3) is 1.76. The average molecular weight is 216 g/mol. The number of methoxy groups -OCH3 is 2. The van der Waals surface area contributed by atoms with Gasteiger partial charge in [-0.05, 0) is 12.8 Å². The van der Waals surface area contributed by atoms with E-state index in [0.717, 1.165) is 0 Å². The van der Waals surface area contributed by atoms with E-state index < -0.39 is 11.2 Å². The summed E-state index contributed by atoms with van der Waals surface area (Å²) in [6.45, 7) is 6.45. The fourth-order valence-electron chi connectivity index (χ4n) is 2.24. The van der Waals surface area contributed by atoms with Crippen LogP contribution in [-0.2, 0) is 19.0 Å². The molecule has 0 amide bonds. The van der Waals surface area contributed by atoms with Gasteiger partial charge >= 0.3 is 5.97 Å². The lowest BCUT2D eigenvalue weighted by Crippen LogP contribution is -2.39. The second-order valence-electron chi connectivity index (χ2n) is 4.46. The second kappa shape index (κ2) is 4.10. The summed E-state index contributed by atoms with van der Waals surface area (Å²) in [5.41, 5.74) is -1.22. The minimum atomic E-state index is -0.777. The van der Waals surface area contributed by atoms with Crippen LogP contribution in [0.2, 0.25) is 0 Å². The molecule has 4 heteroatoms. The normalized spacial score (nSPS) is 34.3. The molecule has 0 saturated carbocycles. The quantitative estimate of drug-likeness (QED) is 0.514. The van der Waals surface area contributed by atoms with E-state index in [1.165, 1.54) is 7.11 Å². The van der Waals surface area contributed by atoms with Crippen molar-refractivity contribution in [2.75, 3.05) is 20.8 Å². The van der Waals surface area contributed by atoms with E-state index in [1.54, 1.807) is 7.11 Å². The Hall–Kier alpha value is -0.610. The third-order valence-electron chi connectivity index (χ3n) is 3.22. The first-order valence-electron chi connectivity index (χ1n) is 5.22. The van der Waals surface area contributed by atoms with Crippen molar-refractivity contribution in [1.29, 1.82) is 0 Å². The Labute approximate surface area is 90.9 Å². The summed E-state index contributed by atoms with van der Waals surface area (Å²) in [5.74, 6) is -0.178. The van der Waals surface area contributed by atoms with Gasteiger partial charge in [0.15, 0.2) is 5.60 Å². The van der Waals surface area contributed by atoms with Gasteiger partial charge in [-0.25, -0.2) is 4.79 Å². The molecule has 1 aliphatic rings. The van der Waals surface area contributed by atoms with Crippen molar-refractivity contribution in [3.8, 4) is 0 Å². The van der Waals surface area contributed by atoms with Crippen LogP contribution in [0.1, 0.15) is 27.2 Å². The molecule has 0 radical (unpaired) electrons. The van der Waals surface area contributed by atoms with Crippen LogP contribution in [0.25, 0.3) is 0 Å². The zero-order valence-corrected chi connectivity index (χ0v) is 10.1. The molecule has 88 valence electrons. The predicted octanol–water partition coefficient (Wildman–Crippen LogP) is 1.38. The monoisotopic (exact) mass is 216 g/mol. The lowest BCUT2D eigenvalue weighted by Gasteiger charge is -2.18. The lowest BCUT2D eigenvalue weighted by atomic mass is 9.83. The zero-order valence-electron chi connectivity index (χ0n) is 10.1. The first-order chi connectivity index (χ1) is 6.94. The second-order valence-corrected chi connectivity index (χ2v) is 4.46. The van der Waals surface area contributed by atoms with Crippen LogP contribution in [0, 0.1) is 5.92 Å². The number of hydrogen-bond donors (Lipinski definition) is 0. The molecule has 0 aromatic rings. The number of rotatable bonds is 5. The number of carbonyl (C=O) groups excluding carboxylic acids is 1. The van der Waals surface area contributed by atoms with Crippen molar-refractivity contribution in [1.82, 2.24) is 0 Å². The molecule has 0 N–H and O–H groups in total. The maximum Gasteiger partial charge on any atom is 0.341 e. The highest BCUT2D eigenvalue weighted by atomic mass is 16.7. The highest BCUT2D eigenvalue weighted by Crippen LogP contribution is 2.55. The number of ether oxygens (including phenoxy) is 3. The van der Waals surface area contributed by atoms with E-state index in [-0.39, 0.29) is 11.9 Å². The van der Waals surface area contributed by atoms with Gasteiger partial charge in [0.1, 0.15) is 5.60 Å². The third-order valence-corrected chi connectivity index (χ3v) is 3.22. The summed E-state index contributed by atoms with van der Waals surface area (Å²) in [5, 5.41) is 0. The van der Waals surface area contributed by atoms with Crippen LogP contribution in [0.4, 0.5) is 0 Å². The van der Waals surface area contributed by atoms with Gasteiger partial charge in [0.25, 0.3) is 0 Å². The van der Waals surface area contributed by atoms with E-state index in [1.807, 2.05) is 20.8 Å². The van der Waals surface area contributed by atoms with Crippen molar-refractivity contribution in [3.63, 3.8) is 0 Å². The molecule has 1 aliphatic heterocycles. The van der Waals surface area contributed by atoms with Gasteiger partial charge in [0, 0.05) is 20.1 Å². The van der Waals surface area contributed by atoms with Crippen molar-refractivity contribution in [3.05, 3.63) is 0 Å². The summed E-state index contributed by atoms with van der Waals surface area (Å²) < 4.78 is 15.5. The number of carbonyl (C=O) groups is 1. The molecule has 0 spiro atoms. The average Bonchev–Trinajstić information content (AvgIpc) is 2.83. The van der Waals surface area contributed by atoms with Crippen LogP contribution in [0.5, 0.6) is 0 Å². The lowest BCUT2D eigenvalue weighted by molar-refractivity contribution is -0.148. The van der Waals surface area contributed by atoms with E-state index >= 15 is 0 Å². The van der Waals surface area contributed by atoms with Crippen LogP contribution in [0.15, 0.2) is 0 Å². The van der Waals surface area contributed by atoms with Gasteiger partial charge in [-0.2, -0.15) is 0 Å². The van der Waals surface area contributed by atoms with Gasteiger partial charge in [-0.15, -0.1) is 0 Å². The minimum absolute atomic E-state index is 0.104. The predicted molar refractivity (Wildman–Crippen MR) is 55.6 cm³/mol. The first kappa shape index (κ1) is 12.5. The maximum absolute atomic E-state index is 11.7. The van der Waals surface area contributed by atoms with Crippen LogP contribution in [-0.4, -0.2) is 38.0 Å². The summed E-state index contributed by atoms with van der Waals surface area (Å²) in [7, 11) is 3.03.